The molecule has 0 bridgehead atoms. The van der Waals surface area contributed by atoms with Crippen molar-refractivity contribution in [3.05, 3.63) is 0 Å². The van der Waals surface area contributed by atoms with E-state index in [1.165, 1.54) is 13.8 Å². The quantitative estimate of drug-likeness (QED) is 0.438. The van der Waals surface area contributed by atoms with Gasteiger partial charge in [-0.1, -0.05) is 0 Å². The standard InChI is InChI=1S/C9H14O4S/c1-9(2)12-7(10)6(4-3-5-14)8(11)13-9/h6,14H,3-5H2,1-2H3. The second kappa shape index (κ2) is 4.21. The van der Waals surface area contributed by atoms with E-state index in [1.54, 1.807) is 0 Å². The first-order chi connectivity index (χ1) is 6.46. The first kappa shape index (κ1) is 11.4. The molecule has 0 aromatic heterocycles. The SMILES string of the molecule is CC1(C)OC(=O)C(CCCS)C(=O)O1. The van der Waals surface area contributed by atoms with Crippen molar-refractivity contribution in [1.29, 1.82) is 0 Å². The van der Waals surface area contributed by atoms with Crippen LogP contribution in [0.3, 0.4) is 0 Å². The van der Waals surface area contributed by atoms with E-state index in [9.17, 15) is 9.59 Å². The zero-order chi connectivity index (χ0) is 10.8. The average Bonchev–Trinajstić information content (AvgIpc) is 2.00. The molecule has 0 aromatic carbocycles. The van der Waals surface area contributed by atoms with Crippen LogP contribution in [0.25, 0.3) is 0 Å². The second-order valence-corrected chi connectivity index (χ2v) is 4.11. The molecule has 1 saturated heterocycles. The number of esters is 2. The lowest BCUT2D eigenvalue weighted by molar-refractivity contribution is -0.240. The van der Waals surface area contributed by atoms with Crippen LogP contribution in [0.4, 0.5) is 0 Å². The van der Waals surface area contributed by atoms with Gasteiger partial charge in [0.1, 0.15) is 0 Å². The number of carbonyl (C=O) groups excluding carboxylic acids is 2. The summed E-state index contributed by atoms with van der Waals surface area (Å²) in [5.41, 5.74) is 0. The largest absolute Gasteiger partial charge is 0.422 e. The van der Waals surface area contributed by atoms with E-state index in [2.05, 4.69) is 12.6 Å². The molecule has 0 unspecified atom stereocenters. The van der Waals surface area contributed by atoms with Crippen molar-refractivity contribution in [2.24, 2.45) is 5.92 Å². The Morgan fingerprint density at radius 1 is 1.29 bits per heavy atom. The molecule has 14 heavy (non-hydrogen) atoms. The van der Waals surface area contributed by atoms with Crippen LogP contribution in [0.2, 0.25) is 0 Å². The van der Waals surface area contributed by atoms with Crippen molar-refractivity contribution in [1.82, 2.24) is 0 Å². The second-order valence-electron chi connectivity index (χ2n) is 3.66. The Morgan fingerprint density at radius 2 is 1.79 bits per heavy atom. The molecule has 0 radical (unpaired) electrons. The van der Waals surface area contributed by atoms with Crippen LogP contribution >= 0.6 is 12.6 Å². The predicted octanol–water partition coefficient (Wildman–Crippen LogP) is 1.15. The van der Waals surface area contributed by atoms with Crippen LogP contribution < -0.4 is 0 Å². The first-order valence-electron chi connectivity index (χ1n) is 4.53. The molecule has 5 heteroatoms. The molecule has 0 saturated carbocycles. The third-order valence-electron chi connectivity index (χ3n) is 1.91. The van der Waals surface area contributed by atoms with Crippen LogP contribution in [-0.2, 0) is 19.1 Å². The minimum Gasteiger partial charge on any atom is -0.422 e. The number of rotatable bonds is 3. The summed E-state index contributed by atoms with van der Waals surface area (Å²) < 4.78 is 9.89. The lowest BCUT2D eigenvalue weighted by Crippen LogP contribution is -2.46. The molecular formula is C9H14O4S. The van der Waals surface area contributed by atoms with E-state index in [0.29, 0.717) is 18.6 Å². The van der Waals surface area contributed by atoms with Crippen molar-refractivity contribution in [2.45, 2.75) is 32.5 Å². The number of hydrogen-bond donors (Lipinski definition) is 1. The highest BCUT2D eigenvalue weighted by Crippen LogP contribution is 2.25. The van der Waals surface area contributed by atoms with E-state index >= 15 is 0 Å². The fourth-order valence-corrected chi connectivity index (χ4v) is 1.46. The Balaban J connectivity index is 2.62. The van der Waals surface area contributed by atoms with Gasteiger partial charge in [-0.25, -0.2) is 0 Å². The summed E-state index contributed by atoms with van der Waals surface area (Å²) in [6, 6.07) is 0. The summed E-state index contributed by atoms with van der Waals surface area (Å²) in [5.74, 6) is -2.23. The smallest absolute Gasteiger partial charge is 0.323 e. The third-order valence-corrected chi connectivity index (χ3v) is 2.23. The summed E-state index contributed by atoms with van der Waals surface area (Å²) in [4.78, 5) is 22.8. The highest BCUT2D eigenvalue weighted by Gasteiger charge is 2.42. The van der Waals surface area contributed by atoms with E-state index in [-0.39, 0.29) is 0 Å². The van der Waals surface area contributed by atoms with Gasteiger partial charge < -0.3 is 9.47 Å². The average molecular weight is 218 g/mol. The molecule has 0 amide bonds. The fourth-order valence-electron chi connectivity index (χ4n) is 1.27. The Hall–Kier alpha value is -0.710. The Morgan fingerprint density at radius 3 is 2.21 bits per heavy atom. The van der Waals surface area contributed by atoms with Crippen molar-refractivity contribution in [2.75, 3.05) is 5.75 Å². The fraction of sp³-hybridized carbons (Fsp3) is 0.778. The molecule has 0 atom stereocenters. The number of thiol groups is 1. The third kappa shape index (κ3) is 2.64. The highest BCUT2D eigenvalue weighted by atomic mass is 32.1. The van der Waals surface area contributed by atoms with Crippen LogP contribution in [0.5, 0.6) is 0 Å². The van der Waals surface area contributed by atoms with Crippen molar-refractivity contribution >= 4 is 24.6 Å². The monoisotopic (exact) mass is 218 g/mol. The summed E-state index contributed by atoms with van der Waals surface area (Å²) in [5, 5.41) is 0. The number of cyclic esters (lactones) is 2. The first-order valence-corrected chi connectivity index (χ1v) is 5.16. The molecule has 0 spiro atoms. The molecule has 4 nitrogen and oxygen atoms in total. The van der Waals surface area contributed by atoms with Crippen molar-refractivity contribution < 1.29 is 19.1 Å². The van der Waals surface area contributed by atoms with Gasteiger partial charge in [0.25, 0.3) is 5.79 Å². The van der Waals surface area contributed by atoms with Gasteiger partial charge in [0.05, 0.1) is 0 Å². The summed E-state index contributed by atoms with van der Waals surface area (Å²) in [6.07, 6.45) is 1.13. The predicted molar refractivity (Wildman–Crippen MR) is 52.8 cm³/mol. The molecule has 1 aliphatic heterocycles. The zero-order valence-corrected chi connectivity index (χ0v) is 9.17. The Kier molecular flexibility index (Phi) is 3.42. The van der Waals surface area contributed by atoms with Gasteiger partial charge in [-0.3, -0.25) is 9.59 Å². The Bertz CT molecular complexity index is 229. The molecular weight excluding hydrogens is 204 g/mol. The minimum atomic E-state index is -1.12. The molecule has 1 heterocycles. The molecule has 0 N–H and O–H groups in total. The van der Waals surface area contributed by atoms with Gasteiger partial charge in [0.15, 0.2) is 5.92 Å². The van der Waals surface area contributed by atoms with Crippen LogP contribution in [0.15, 0.2) is 0 Å². The van der Waals surface area contributed by atoms with Crippen molar-refractivity contribution in [3.8, 4) is 0 Å². The van der Waals surface area contributed by atoms with E-state index in [1.807, 2.05) is 0 Å². The molecule has 80 valence electrons. The van der Waals surface area contributed by atoms with Gasteiger partial charge in [0.2, 0.25) is 0 Å². The molecule has 1 aliphatic rings. The normalized spacial score (nSPS) is 21.6. The maximum atomic E-state index is 11.4. The maximum Gasteiger partial charge on any atom is 0.323 e. The summed E-state index contributed by atoms with van der Waals surface area (Å²) in [6.45, 7) is 3.08. The zero-order valence-electron chi connectivity index (χ0n) is 8.28. The summed E-state index contributed by atoms with van der Waals surface area (Å²) >= 11 is 4.01. The Labute approximate surface area is 88.4 Å². The van der Waals surface area contributed by atoms with Crippen molar-refractivity contribution in [3.63, 3.8) is 0 Å². The van der Waals surface area contributed by atoms with E-state index in [0.717, 1.165) is 0 Å². The topological polar surface area (TPSA) is 52.6 Å². The highest BCUT2D eigenvalue weighted by molar-refractivity contribution is 7.80. The van der Waals surface area contributed by atoms with E-state index in [4.69, 9.17) is 9.47 Å². The van der Waals surface area contributed by atoms with Crippen LogP contribution in [0, 0.1) is 5.92 Å². The number of carbonyl (C=O) groups is 2. The van der Waals surface area contributed by atoms with Crippen LogP contribution in [-0.4, -0.2) is 23.5 Å². The molecule has 0 aliphatic carbocycles. The molecule has 1 rings (SSSR count). The van der Waals surface area contributed by atoms with E-state index < -0.39 is 23.6 Å². The number of hydrogen-bond acceptors (Lipinski definition) is 5. The maximum absolute atomic E-state index is 11.4. The molecule has 1 fully saturated rings. The summed E-state index contributed by atoms with van der Waals surface area (Å²) in [7, 11) is 0. The van der Waals surface area contributed by atoms with Crippen LogP contribution in [0.1, 0.15) is 26.7 Å². The van der Waals surface area contributed by atoms with Gasteiger partial charge in [0, 0.05) is 13.8 Å². The van der Waals surface area contributed by atoms with Gasteiger partial charge in [-0.2, -0.15) is 12.6 Å². The van der Waals surface area contributed by atoms with Gasteiger partial charge in [-0.05, 0) is 18.6 Å². The molecule has 0 aromatic rings. The lowest BCUT2D eigenvalue weighted by atomic mass is 10.0. The van der Waals surface area contributed by atoms with Gasteiger partial charge in [-0.15, -0.1) is 0 Å². The lowest BCUT2D eigenvalue weighted by Gasteiger charge is -2.32. The number of ether oxygens (including phenoxy) is 2. The van der Waals surface area contributed by atoms with Gasteiger partial charge >= 0.3 is 11.9 Å². The minimum absolute atomic E-state index is 0.442.